The van der Waals surface area contributed by atoms with Gasteiger partial charge in [-0.2, -0.15) is 0 Å². The van der Waals surface area contributed by atoms with E-state index < -0.39 is 5.25 Å². The van der Waals surface area contributed by atoms with E-state index in [9.17, 15) is 14.4 Å². The molecule has 0 aromatic heterocycles. The number of nitrogens with zero attached hydrogens (tertiary/aromatic N) is 2. The van der Waals surface area contributed by atoms with Crippen molar-refractivity contribution in [3.05, 3.63) is 42.5 Å². The molecule has 0 unspecified atom stereocenters. The molecule has 0 radical (unpaired) electrons. The molecule has 0 saturated carbocycles. The highest BCUT2D eigenvalue weighted by atomic mass is 32.2. The first kappa shape index (κ1) is 22.0. The summed E-state index contributed by atoms with van der Waals surface area (Å²) in [5.74, 6) is 0.125. The summed E-state index contributed by atoms with van der Waals surface area (Å²) in [6.07, 6.45) is 1.90. The Morgan fingerprint density at radius 1 is 1.06 bits per heavy atom. The fraction of sp³-hybridized carbons (Fsp3) is 0.348. The van der Waals surface area contributed by atoms with Crippen LogP contribution in [-0.2, 0) is 14.4 Å². The van der Waals surface area contributed by atoms with E-state index in [2.05, 4.69) is 5.32 Å². The summed E-state index contributed by atoms with van der Waals surface area (Å²) in [6.45, 7) is 1.13. The zero-order chi connectivity index (χ0) is 22.7. The number of nitrogens with one attached hydrogen (secondary N) is 1. The van der Waals surface area contributed by atoms with Gasteiger partial charge < -0.3 is 24.6 Å². The van der Waals surface area contributed by atoms with Crippen LogP contribution in [0.4, 0.5) is 11.4 Å². The van der Waals surface area contributed by atoms with Gasteiger partial charge in [-0.25, -0.2) is 0 Å². The number of thioether (sulfide) groups is 1. The molecular weight excluding hydrogens is 430 g/mol. The third-order valence-corrected chi connectivity index (χ3v) is 6.71. The van der Waals surface area contributed by atoms with Crippen molar-refractivity contribution in [3.63, 3.8) is 0 Å². The summed E-state index contributed by atoms with van der Waals surface area (Å²) < 4.78 is 10.5. The van der Waals surface area contributed by atoms with Gasteiger partial charge in [-0.1, -0.05) is 12.1 Å². The fourth-order valence-electron chi connectivity index (χ4n) is 3.86. The van der Waals surface area contributed by atoms with Crippen molar-refractivity contribution in [1.29, 1.82) is 0 Å². The Hall–Kier alpha value is -3.20. The predicted octanol–water partition coefficient (Wildman–Crippen LogP) is 2.77. The summed E-state index contributed by atoms with van der Waals surface area (Å²) in [7, 11) is 3.05. The smallest absolute Gasteiger partial charge is 0.250 e. The van der Waals surface area contributed by atoms with Gasteiger partial charge in [0, 0.05) is 41.9 Å². The maximum atomic E-state index is 13.3. The second kappa shape index (κ2) is 9.52. The van der Waals surface area contributed by atoms with Gasteiger partial charge in [0.25, 0.3) is 5.91 Å². The summed E-state index contributed by atoms with van der Waals surface area (Å²) in [6, 6.07) is 12.4. The van der Waals surface area contributed by atoms with Crippen molar-refractivity contribution in [2.75, 3.05) is 44.1 Å². The zero-order valence-electron chi connectivity index (χ0n) is 18.0. The number of carbonyl (C=O) groups is 3. The van der Waals surface area contributed by atoms with E-state index in [1.807, 2.05) is 18.2 Å². The van der Waals surface area contributed by atoms with Crippen LogP contribution in [0.15, 0.2) is 47.4 Å². The van der Waals surface area contributed by atoms with Crippen molar-refractivity contribution < 1.29 is 23.9 Å². The fourth-order valence-corrected chi connectivity index (χ4v) is 5.05. The second-order valence-electron chi connectivity index (χ2n) is 7.57. The van der Waals surface area contributed by atoms with Gasteiger partial charge in [-0.15, -0.1) is 11.8 Å². The van der Waals surface area contributed by atoms with E-state index in [4.69, 9.17) is 9.47 Å². The van der Waals surface area contributed by atoms with E-state index in [0.717, 1.165) is 17.7 Å². The monoisotopic (exact) mass is 455 g/mol. The Kier molecular flexibility index (Phi) is 6.55. The zero-order valence-corrected chi connectivity index (χ0v) is 18.8. The van der Waals surface area contributed by atoms with Gasteiger partial charge in [0.1, 0.15) is 18.0 Å². The molecule has 1 atom stereocenters. The number of amides is 3. The molecule has 3 amide bonds. The highest BCUT2D eigenvalue weighted by Gasteiger charge is 2.41. The number of anilines is 2. The lowest BCUT2D eigenvalue weighted by Gasteiger charge is -2.34. The number of carbonyl (C=O) groups excluding carboxylic acids is 3. The standard InChI is InChI=1S/C23H25N3O5S/c1-30-16-11-15(12-17(13-16)31-2)24-20(27)14-26-18-7-3-4-8-19(18)32-21(23(26)29)22(28)25-9-5-6-10-25/h3-4,7-8,11-13,21H,5-6,9-10,14H2,1-2H3,(H,24,27)/t21-/m0/s1. The predicted molar refractivity (Wildman–Crippen MR) is 122 cm³/mol. The number of rotatable bonds is 6. The van der Waals surface area contributed by atoms with Crippen molar-refractivity contribution in [2.24, 2.45) is 0 Å². The van der Waals surface area contributed by atoms with E-state index in [0.29, 0.717) is 36.0 Å². The molecule has 8 nitrogen and oxygen atoms in total. The Labute approximate surface area is 190 Å². The summed E-state index contributed by atoms with van der Waals surface area (Å²) in [5, 5.41) is 1.91. The molecule has 1 N–H and O–H groups in total. The minimum Gasteiger partial charge on any atom is -0.497 e. The Morgan fingerprint density at radius 2 is 1.72 bits per heavy atom. The highest BCUT2D eigenvalue weighted by molar-refractivity contribution is 8.01. The molecule has 2 heterocycles. The molecule has 4 rings (SSSR count). The first-order valence-corrected chi connectivity index (χ1v) is 11.3. The summed E-state index contributed by atoms with van der Waals surface area (Å²) in [4.78, 5) is 43.2. The molecule has 168 valence electrons. The molecule has 0 bridgehead atoms. The molecule has 1 fully saturated rings. The largest absolute Gasteiger partial charge is 0.497 e. The number of methoxy groups -OCH3 is 2. The molecule has 2 aromatic carbocycles. The molecule has 0 aliphatic carbocycles. The minimum absolute atomic E-state index is 0.185. The lowest BCUT2D eigenvalue weighted by atomic mass is 10.2. The lowest BCUT2D eigenvalue weighted by molar-refractivity contribution is -0.134. The molecule has 2 aliphatic rings. The van der Waals surface area contributed by atoms with Gasteiger partial charge in [-0.3, -0.25) is 14.4 Å². The van der Waals surface area contributed by atoms with Crippen molar-refractivity contribution in [2.45, 2.75) is 23.0 Å². The molecule has 9 heteroatoms. The third-order valence-electron chi connectivity index (χ3n) is 5.47. The Balaban J connectivity index is 1.55. The number of ether oxygens (including phenoxy) is 2. The van der Waals surface area contributed by atoms with Crippen LogP contribution in [0.3, 0.4) is 0 Å². The van der Waals surface area contributed by atoms with Crippen LogP contribution in [0.25, 0.3) is 0 Å². The number of hydrogen-bond donors (Lipinski definition) is 1. The number of likely N-dealkylation sites (tertiary alicyclic amines) is 1. The first-order valence-electron chi connectivity index (χ1n) is 10.4. The third kappa shape index (κ3) is 4.52. The normalized spacial score (nSPS) is 17.7. The van der Waals surface area contributed by atoms with Crippen molar-refractivity contribution >= 4 is 40.9 Å². The second-order valence-corrected chi connectivity index (χ2v) is 8.72. The van der Waals surface area contributed by atoms with Crippen LogP contribution in [0.1, 0.15) is 12.8 Å². The number of hydrogen-bond acceptors (Lipinski definition) is 6. The number of para-hydroxylation sites is 1. The van der Waals surface area contributed by atoms with E-state index in [-0.39, 0.29) is 24.3 Å². The van der Waals surface area contributed by atoms with Gasteiger partial charge >= 0.3 is 0 Å². The molecular formula is C23H25N3O5S. The van der Waals surface area contributed by atoms with Crippen LogP contribution in [0, 0.1) is 0 Å². The Bertz CT molecular complexity index is 1020. The number of benzene rings is 2. The number of fused-ring (bicyclic) bond motifs is 1. The summed E-state index contributed by atoms with van der Waals surface area (Å²) in [5.41, 5.74) is 1.12. The van der Waals surface area contributed by atoms with Gasteiger partial charge in [0.15, 0.2) is 5.25 Å². The molecule has 2 aliphatic heterocycles. The van der Waals surface area contributed by atoms with Gasteiger partial charge in [0.2, 0.25) is 11.8 Å². The van der Waals surface area contributed by atoms with Gasteiger partial charge in [-0.05, 0) is 25.0 Å². The van der Waals surface area contributed by atoms with Crippen LogP contribution >= 0.6 is 11.8 Å². The van der Waals surface area contributed by atoms with Crippen LogP contribution in [-0.4, -0.2) is 61.7 Å². The van der Waals surface area contributed by atoms with E-state index in [1.165, 1.54) is 30.9 Å². The maximum Gasteiger partial charge on any atom is 0.250 e. The van der Waals surface area contributed by atoms with E-state index >= 15 is 0 Å². The highest BCUT2D eigenvalue weighted by Crippen LogP contribution is 2.40. The van der Waals surface area contributed by atoms with Crippen molar-refractivity contribution in [1.82, 2.24) is 4.90 Å². The molecule has 2 aromatic rings. The quantitative estimate of drug-likeness (QED) is 0.674. The van der Waals surface area contributed by atoms with Crippen LogP contribution < -0.4 is 19.7 Å². The topological polar surface area (TPSA) is 88.2 Å². The Morgan fingerprint density at radius 3 is 2.38 bits per heavy atom. The average Bonchev–Trinajstić information content (AvgIpc) is 3.35. The van der Waals surface area contributed by atoms with Crippen LogP contribution in [0.5, 0.6) is 11.5 Å². The van der Waals surface area contributed by atoms with Crippen LogP contribution in [0.2, 0.25) is 0 Å². The summed E-state index contributed by atoms with van der Waals surface area (Å²) >= 11 is 1.26. The molecule has 1 saturated heterocycles. The minimum atomic E-state index is -0.882. The average molecular weight is 456 g/mol. The van der Waals surface area contributed by atoms with Gasteiger partial charge in [0.05, 0.1) is 19.9 Å². The maximum absolute atomic E-state index is 13.3. The van der Waals surface area contributed by atoms with Crippen molar-refractivity contribution in [3.8, 4) is 11.5 Å². The first-order chi connectivity index (χ1) is 15.5. The van der Waals surface area contributed by atoms with E-state index in [1.54, 1.807) is 29.2 Å². The molecule has 32 heavy (non-hydrogen) atoms. The molecule has 0 spiro atoms. The SMILES string of the molecule is COc1cc(NC(=O)CN2C(=O)[C@H](C(=O)N3CCCC3)Sc3ccccc32)cc(OC)c1. The lowest BCUT2D eigenvalue weighted by Crippen LogP contribution is -2.51.